The number of rotatable bonds is 22. The van der Waals surface area contributed by atoms with E-state index in [9.17, 15) is 34.4 Å². The molecular weight excluding hydrogens is 1310 g/mol. The number of nitrogens with one attached hydrogen (secondary N) is 3. The highest BCUT2D eigenvalue weighted by molar-refractivity contribution is 7.90. The summed E-state index contributed by atoms with van der Waals surface area (Å²) in [5, 5.41) is 2.47. The molecule has 0 saturated heterocycles. The molecule has 0 bridgehead atoms. The summed E-state index contributed by atoms with van der Waals surface area (Å²) in [7, 11) is -5.64. The van der Waals surface area contributed by atoms with E-state index in [1.807, 2.05) is 55.3 Å². The van der Waals surface area contributed by atoms with E-state index in [2.05, 4.69) is 86.4 Å². The Morgan fingerprint density at radius 3 is 1.55 bits per heavy atom. The van der Waals surface area contributed by atoms with E-state index in [1.165, 1.54) is 36.5 Å². The average molecular weight is 1390 g/mol. The van der Waals surface area contributed by atoms with Crippen molar-refractivity contribution in [2.45, 2.75) is 188 Å². The molecule has 4 atom stereocenters. The lowest BCUT2D eigenvalue weighted by Gasteiger charge is -2.24. The minimum atomic E-state index is -4.76. The molecule has 14 nitrogen and oxygen atoms in total. The lowest BCUT2D eigenvalue weighted by Crippen LogP contribution is -2.29. The Balaban J connectivity index is 0.000000155. The zero-order valence-electron chi connectivity index (χ0n) is 55.2. The number of nitrogens with zero attached hydrogens (tertiary/aromatic N) is 7. The van der Waals surface area contributed by atoms with Crippen molar-refractivity contribution in [2.75, 3.05) is 0 Å². The number of halogens is 8. The average Bonchev–Trinajstić information content (AvgIpc) is 1.67. The number of sulfonamides is 1. The molecule has 3 N–H and O–H groups in total. The number of pyridine rings is 2. The summed E-state index contributed by atoms with van der Waals surface area (Å²) < 4.78 is 165. The second kappa shape index (κ2) is 28.2. The van der Waals surface area contributed by atoms with Gasteiger partial charge in [0.25, 0.3) is 0 Å². The van der Waals surface area contributed by atoms with Crippen LogP contribution in [0.5, 0.6) is 0 Å². The molecule has 6 heterocycles. The molecule has 0 radical (unpaired) electrons. The van der Waals surface area contributed by atoms with Crippen molar-refractivity contribution in [1.82, 2.24) is 47.8 Å². The third kappa shape index (κ3) is 16.9. The summed E-state index contributed by atoms with van der Waals surface area (Å²) in [5.41, 5.74) is 3.37. The predicted octanol–water partition coefficient (Wildman–Crippen LogP) is 17.2. The molecule has 6 aromatic heterocycles. The summed E-state index contributed by atoms with van der Waals surface area (Å²) in [6.07, 6.45) is 13.3. The minimum Gasteiger partial charge on any atom is -0.347 e. The zero-order valence-corrected chi connectivity index (χ0v) is 58.4. The van der Waals surface area contributed by atoms with E-state index in [-0.39, 0.29) is 67.2 Å². The van der Waals surface area contributed by atoms with Gasteiger partial charge in [0, 0.05) is 142 Å². The number of benzene rings is 3. The van der Waals surface area contributed by atoms with Gasteiger partial charge >= 0.3 is 6.18 Å². The van der Waals surface area contributed by atoms with Crippen LogP contribution >= 0.6 is 11.6 Å². The minimum absolute atomic E-state index is 0.0369. The largest absolute Gasteiger partial charge is 0.435 e. The van der Waals surface area contributed by atoms with E-state index in [0.29, 0.717) is 64.1 Å². The summed E-state index contributed by atoms with van der Waals surface area (Å²) in [6, 6.07) is 14.5. The van der Waals surface area contributed by atoms with E-state index in [1.54, 1.807) is 37.4 Å². The van der Waals surface area contributed by atoms with Crippen molar-refractivity contribution in [3.63, 3.8) is 0 Å². The Bertz CT molecular complexity index is 4480. The fraction of sp³-hybridized carbons (Fsp3) is 0.457. The quantitative estimate of drug-likeness (QED) is 0.0563. The molecular formula is C70H82ClF7N10O4S3. The molecule has 510 valence electrons. The van der Waals surface area contributed by atoms with Crippen LogP contribution in [0.15, 0.2) is 104 Å². The van der Waals surface area contributed by atoms with E-state index in [4.69, 9.17) is 11.6 Å². The molecule has 3 saturated carbocycles. The third-order valence-electron chi connectivity index (χ3n) is 17.6. The van der Waals surface area contributed by atoms with Gasteiger partial charge in [-0.05, 0) is 159 Å². The Hall–Kier alpha value is -6.41. The van der Waals surface area contributed by atoms with Crippen molar-refractivity contribution < 1.29 is 47.6 Å². The second-order valence-corrected chi connectivity index (χ2v) is 33.5. The molecule has 0 amide bonds. The van der Waals surface area contributed by atoms with Crippen LogP contribution in [0.3, 0.4) is 0 Å². The predicted molar refractivity (Wildman–Crippen MR) is 365 cm³/mol. The van der Waals surface area contributed by atoms with E-state index < -0.39 is 73.1 Å². The van der Waals surface area contributed by atoms with Crippen LogP contribution < -0.4 is 14.2 Å². The maximum atomic E-state index is 15.3. The molecule has 3 fully saturated rings. The first-order valence-corrected chi connectivity index (χ1v) is 36.4. The lowest BCUT2D eigenvalue weighted by molar-refractivity contribution is -0.140. The normalized spacial score (nSPS) is 16.2. The molecule has 25 heteroatoms. The SMILES string of the molecule is CC(C)(C)Cn1cc(CNS(=O)C2CC2)c2cc(F)c(-c3nccnc3C(F)(F)F)cc21.CCC(C)(C)Cn1cc(C(C)NS(=O)(=O)C2CC2)c2cc(F)c(-c3ncccc3F)cc21.CCC(C)(C)Cn1cc(C(C)NS(=O)C2CC2)c2cc(F)c(-c3ncccc3Cl)cc21. The topological polar surface area (TPSA) is 171 Å². The van der Waals surface area contributed by atoms with Gasteiger partial charge in [0.1, 0.15) is 34.7 Å². The first kappa shape index (κ1) is 71.4. The number of aromatic nitrogens is 7. The number of fused-ring (bicyclic) bond motifs is 3. The lowest BCUT2D eigenvalue weighted by atomic mass is 9.90. The smallest absolute Gasteiger partial charge is 0.347 e. The van der Waals surface area contributed by atoms with Crippen molar-refractivity contribution in [2.24, 2.45) is 16.2 Å². The highest BCUT2D eigenvalue weighted by Gasteiger charge is 2.39. The van der Waals surface area contributed by atoms with Gasteiger partial charge in [-0.1, -0.05) is 73.9 Å². The molecule has 95 heavy (non-hydrogen) atoms. The maximum Gasteiger partial charge on any atom is 0.435 e. The van der Waals surface area contributed by atoms with Gasteiger partial charge < -0.3 is 13.7 Å². The van der Waals surface area contributed by atoms with Crippen molar-refractivity contribution in [3.05, 3.63) is 155 Å². The van der Waals surface area contributed by atoms with E-state index >= 15 is 13.2 Å². The van der Waals surface area contributed by atoms with Crippen LogP contribution in [0.1, 0.15) is 162 Å². The van der Waals surface area contributed by atoms with E-state index in [0.717, 1.165) is 85.0 Å². The maximum absolute atomic E-state index is 15.3. The van der Waals surface area contributed by atoms with Crippen LogP contribution in [0.2, 0.25) is 5.02 Å². The van der Waals surface area contributed by atoms with Crippen LogP contribution in [-0.2, 0) is 64.3 Å². The summed E-state index contributed by atoms with van der Waals surface area (Å²) in [5.74, 6) is -2.37. The number of hydrogen-bond donors (Lipinski definition) is 3. The molecule has 3 aromatic carbocycles. The van der Waals surface area contributed by atoms with Crippen LogP contribution in [-0.4, -0.2) is 66.2 Å². The zero-order chi connectivity index (χ0) is 68.9. The van der Waals surface area contributed by atoms with Gasteiger partial charge in [0.2, 0.25) is 10.0 Å². The van der Waals surface area contributed by atoms with Crippen LogP contribution in [0.4, 0.5) is 30.7 Å². The van der Waals surface area contributed by atoms with Crippen LogP contribution in [0.25, 0.3) is 66.5 Å². The van der Waals surface area contributed by atoms with Gasteiger partial charge in [-0.25, -0.2) is 53.5 Å². The van der Waals surface area contributed by atoms with Gasteiger partial charge in [-0.3, -0.25) is 15.0 Å². The number of alkyl halides is 3. The second-order valence-electron chi connectivity index (χ2n) is 28.0. The van der Waals surface area contributed by atoms with Gasteiger partial charge in [-0.15, -0.1) is 0 Å². The Labute approximate surface area is 560 Å². The van der Waals surface area contributed by atoms with Gasteiger partial charge in [0.15, 0.2) is 5.69 Å². The fourth-order valence-corrected chi connectivity index (χ4v) is 15.5. The van der Waals surface area contributed by atoms with Crippen molar-refractivity contribution >= 4 is 76.3 Å². The van der Waals surface area contributed by atoms with Crippen LogP contribution in [0, 0.1) is 39.5 Å². The molecule has 4 unspecified atom stereocenters. The Morgan fingerprint density at radius 1 is 0.579 bits per heavy atom. The third-order valence-corrected chi connectivity index (χ3v) is 23.2. The van der Waals surface area contributed by atoms with Crippen molar-refractivity contribution in [1.29, 1.82) is 0 Å². The highest BCUT2D eigenvalue weighted by Crippen LogP contribution is 2.42. The standard InChI is InChI=1S/C24H29ClFN3OS.C24H29F2N3O2S.C22H24F4N4OS/c1-5-24(3,4)14-29-13-19(15(2)28-31(30)16-8-9-16)17-11-21(26)18(12-22(17)29)23-20(25)7-6-10-27-23;1-5-24(3,4)14-29-13-19(15(2)28-32(30,31)16-8-9-16)17-11-21(26)18(12-22(17)29)23-20(25)7-6-10-27-23;1-21(2,3)12-30-11-13(10-29-32(31)14-4-5-14)15-8-17(23)16(9-18(15)30)19-20(22(24,25)26)28-7-6-27-19/h6-7,10-13,15-16,28H,5,8-9,14H2,1-4H3;6-7,10-13,15-16,28H,5,8-9,14H2,1-4H3;6-9,11,14,29H,4-5,10,12H2,1-3H3. The summed E-state index contributed by atoms with van der Waals surface area (Å²) in [4.78, 5) is 15.5. The van der Waals surface area contributed by atoms with Gasteiger partial charge in [-0.2, -0.15) is 13.2 Å². The highest BCUT2D eigenvalue weighted by atomic mass is 35.5. The first-order valence-electron chi connectivity index (χ1n) is 32.0. The monoisotopic (exact) mass is 1390 g/mol. The molecule has 0 spiro atoms. The molecule has 12 rings (SSSR count). The molecule has 3 aliphatic rings. The Morgan fingerprint density at radius 2 is 1.04 bits per heavy atom. The molecule has 9 aromatic rings. The Kier molecular flexibility index (Phi) is 21.2. The van der Waals surface area contributed by atoms with Gasteiger partial charge in [0.05, 0.1) is 37.9 Å². The summed E-state index contributed by atoms with van der Waals surface area (Å²) in [6.45, 7) is 25.2. The van der Waals surface area contributed by atoms with Crippen molar-refractivity contribution in [3.8, 4) is 33.8 Å². The first-order chi connectivity index (χ1) is 44.7. The molecule has 0 aliphatic heterocycles. The molecule has 3 aliphatic carbocycles. The number of hydrogen-bond acceptors (Lipinski definition) is 8. The summed E-state index contributed by atoms with van der Waals surface area (Å²) >= 11 is 6.32. The fourth-order valence-electron chi connectivity index (χ4n) is 11.3.